The molecular weight excluding hydrogens is 330 g/mol. The molecule has 134 valence electrons. The Morgan fingerprint density at radius 2 is 1.88 bits per heavy atom. The van der Waals surface area contributed by atoms with E-state index < -0.39 is 0 Å². The Morgan fingerprint density at radius 1 is 1.12 bits per heavy atom. The molecular formula is C19H21N5O2. The zero-order valence-electron chi connectivity index (χ0n) is 15.0. The fourth-order valence-electron chi connectivity index (χ4n) is 3.29. The summed E-state index contributed by atoms with van der Waals surface area (Å²) in [4.78, 5) is 25.8. The monoisotopic (exact) mass is 351 g/mol. The van der Waals surface area contributed by atoms with Crippen molar-refractivity contribution in [3.05, 3.63) is 53.3 Å². The van der Waals surface area contributed by atoms with Gasteiger partial charge in [0.05, 0.1) is 17.8 Å². The molecule has 1 aliphatic rings. The van der Waals surface area contributed by atoms with Crippen molar-refractivity contribution < 1.29 is 9.32 Å². The molecule has 1 aliphatic heterocycles. The first-order valence-corrected chi connectivity index (χ1v) is 8.77. The number of amides is 1. The predicted octanol–water partition coefficient (Wildman–Crippen LogP) is 2.19. The van der Waals surface area contributed by atoms with Crippen molar-refractivity contribution in [3.8, 4) is 0 Å². The fourth-order valence-corrected chi connectivity index (χ4v) is 3.29. The summed E-state index contributed by atoms with van der Waals surface area (Å²) in [6.45, 7) is 7.40. The van der Waals surface area contributed by atoms with Gasteiger partial charge in [-0.1, -0.05) is 23.4 Å². The van der Waals surface area contributed by atoms with Gasteiger partial charge in [-0.15, -0.1) is 0 Å². The summed E-state index contributed by atoms with van der Waals surface area (Å²) in [7, 11) is 0. The SMILES string of the molecule is Cc1cc(C(=O)N2CCN(Cc3nc(C)c4ccccc4n3)CC2)on1. The first-order chi connectivity index (χ1) is 12.6. The molecule has 1 amide bonds. The molecule has 0 bridgehead atoms. The normalized spacial score (nSPS) is 15.5. The maximum atomic E-state index is 12.4. The number of rotatable bonds is 3. The molecule has 2 aromatic heterocycles. The van der Waals surface area contributed by atoms with Crippen molar-refractivity contribution in [1.29, 1.82) is 0 Å². The van der Waals surface area contributed by atoms with Gasteiger partial charge in [-0.05, 0) is 19.9 Å². The number of piperazine rings is 1. The van der Waals surface area contributed by atoms with Crippen LogP contribution >= 0.6 is 0 Å². The minimum atomic E-state index is -0.0944. The van der Waals surface area contributed by atoms with Gasteiger partial charge in [-0.25, -0.2) is 9.97 Å². The lowest BCUT2D eigenvalue weighted by Gasteiger charge is -2.33. The van der Waals surface area contributed by atoms with Crippen LogP contribution in [0.25, 0.3) is 10.9 Å². The highest BCUT2D eigenvalue weighted by Crippen LogP contribution is 2.16. The van der Waals surface area contributed by atoms with Crippen LogP contribution in [0.1, 0.15) is 27.8 Å². The largest absolute Gasteiger partial charge is 0.351 e. The second kappa shape index (κ2) is 6.84. The lowest BCUT2D eigenvalue weighted by molar-refractivity contribution is 0.0586. The lowest BCUT2D eigenvalue weighted by atomic mass is 10.2. The summed E-state index contributed by atoms with van der Waals surface area (Å²) in [6.07, 6.45) is 0. The van der Waals surface area contributed by atoms with Gasteiger partial charge in [-0.2, -0.15) is 0 Å². The van der Waals surface area contributed by atoms with Gasteiger partial charge in [0, 0.05) is 43.3 Å². The molecule has 7 nitrogen and oxygen atoms in total. The third-order valence-corrected chi connectivity index (χ3v) is 4.70. The summed E-state index contributed by atoms with van der Waals surface area (Å²) in [5.74, 6) is 1.04. The Morgan fingerprint density at radius 3 is 2.62 bits per heavy atom. The molecule has 0 radical (unpaired) electrons. The molecule has 26 heavy (non-hydrogen) atoms. The van der Waals surface area contributed by atoms with Gasteiger partial charge >= 0.3 is 0 Å². The van der Waals surface area contributed by atoms with E-state index in [1.807, 2.05) is 43.0 Å². The van der Waals surface area contributed by atoms with Crippen molar-refractivity contribution in [3.63, 3.8) is 0 Å². The van der Waals surface area contributed by atoms with Crippen molar-refractivity contribution in [2.24, 2.45) is 0 Å². The van der Waals surface area contributed by atoms with E-state index in [1.165, 1.54) is 0 Å². The molecule has 3 heterocycles. The number of aryl methyl sites for hydroxylation is 2. The second-order valence-electron chi connectivity index (χ2n) is 6.64. The molecule has 0 unspecified atom stereocenters. The van der Waals surface area contributed by atoms with Crippen LogP contribution in [0.3, 0.4) is 0 Å². The van der Waals surface area contributed by atoms with Gasteiger partial charge < -0.3 is 9.42 Å². The van der Waals surface area contributed by atoms with E-state index in [1.54, 1.807) is 6.07 Å². The summed E-state index contributed by atoms with van der Waals surface area (Å²) in [5, 5.41) is 4.88. The predicted molar refractivity (Wildman–Crippen MR) is 96.7 cm³/mol. The van der Waals surface area contributed by atoms with Crippen LogP contribution < -0.4 is 0 Å². The number of hydrogen-bond donors (Lipinski definition) is 0. The van der Waals surface area contributed by atoms with Crippen LogP contribution in [0, 0.1) is 13.8 Å². The van der Waals surface area contributed by atoms with Crippen LogP contribution in [-0.2, 0) is 6.54 Å². The van der Waals surface area contributed by atoms with E-state index in [9.17, 15) is 4.79 Å². The number of aromatic nitrogens is 3. The number of hydrogen-bond acceptors (Lipinski definition) is 6. The minimum absolute atomic E-state index is 0.0944. The molecule has 0 atom stereocenters. The van der Waals surface area contributed by atoms with Crippen LogP contribution in [0.15, 0.2) is 34.9 Å². The van der Waals surface area contributed by atoms with Gasteiger partial charge in [0.25, 0.3) is 5.91 Å². The van der Waals surface area contributed by atoms with E-state index in [4.69, 9.17) is 4.52 Å². The molecule has 0 N–H and O–H groups in total. The van der Waals surface area contributed by atoms with E-state index in [2.05, 4.69) is 20.0 Å². The Bertz CT molecular complexity index is 944. The van der Waals surface area contributed by atoms with Crippen LogP contribution in [-0.4, -0.2) is 57.0 Å². The first kappa shape index (κ1) is 16.7. The highest BCUT2D eigenvalue weighted by molar-refractivity contribution is 5.91. The van der Waals surface area contributed by atoms with Crippen LogP contribution in [0.4, 0.5) is 0 Å². The van der Waals surface area contributed by atoms with Crippen molar-refractivity contribution in [2.75, 3.05) is 26.2 Å². The lowest BCUT2D eigenvalue weighted by Crippen LogP contribution is -2.48. The van der Waals surface area contributed by atoms with E-state index in [0.29, 0.717) is 25.4 Å². The molecule has 1 aromatic carbocycles. The average molecular weight is 351 g/mol. The minimum Gasteiger partial charge on any atom is -0.351 e. The number of para-hydroxylation sites is 1. The van der Waals surface area contributed by atoms with Gasteiger partial charge in [0.2, 0.25) is 5.76 Å². The molecule has 0 aliphatic carbocycles. The van der Waals surface area contributed by atoms with E-state index >= 15 is 0 Å². The molecule has 1 saturated heterocycles. The third kappa shape index (κ3) is 3.30. The number of nitrogens with zero attached hydrogens (tertiary/aromatic N) is 5. The zero-order valence-corrected chi connectivity index (χ0v) is 15.0. The van der Waals surface area contributed by atoms with Gasteiger partial charge in [0.1, 0.15) is 5.82 Å². The maximum absolute atomic E-state index is 12.4. The first-order valence-electron chi connectivity index (χ1n) is 8.77. The van der Waals surface area contributed by atoms with E-state index in [-0.39, 0.29) is 5.91 Å². The Kier molecular flexibility index (Phi) is 4.38. The smallest absolute Gasteiger partial charge is 0.292 e. The van der Waals surface area contributed by atoms with Crippen LogP contribution in [0.2, 0.25) is 0 Å². The molecule has 0 spiro atoms. The van der Waals surface area contributed by atoms with Gasteiger partial charge in [-0.3, -0.25) is 9.69 Å². The third-order valence-electron chi connectivity index (χ3n) is 4.70. The van der Waals surface area contributed by atoms with Crippen molar-refractivity contribution >= 4 is 16.8 Å². The van der Waals surface area contributed by atoms with Crippen molar-refractivity contribution in [2.45, 2.75) is 20.4 Å². The maximum Gasteiger partial charge on any atom is 0.292 e. The molecule has 0 saturated carbocycles. The number of fused-ring (bicyclic) bond motifs is 1. The zero-order chi connectivity index (χ0) is 18.1. The van der Waals surface area contributed by atoms with Gasteiger partial charge in [0.15, 0.2) is 0 Å². The fraction of sp³-hybridized carbons (Fsp3) is 0.368. The summed E-state index contributed by atoms with van der Waals surface area (Å²) < 4.78 is 5.08. The van der Waals surface area contributed by atoms with E-state index in [0.717, 1.165) is 41.2 Å². The van der Waals surface area contributed by atoms with Crippen molar-refractivity contribution in [1.82, 2.24) is 24.9 Å². The summed E-state index contributed by atoms with van der Waals surface area (Å²) >= 11 is 0. The number of carbonyl (C=O) groups excluding carboxylic acids is 1. The Labute approximate surface area is 151 Å². The average Bonchev–Trinajstić information content (AvgIpc) is 3.08. The number of benzene rings is 1. The topological polar surface area (TPSA) is 75.4 Å². The summed E-state index contributed by atoms with van der Waals surface area (Å²) in [5.41, 5.74) is 2.69. The molecule has 7 heteroatoms. The Balaban J connectivity index is 1.40. The molecule has 4 rings (SSSR count). The standard InChI is InChI=1S/C19H21N5O2/c1-13-11-17(26-22-13)19(25)24-9-7-23(8-10-24)12-18-20-14(2)15-5-3-4-6-16(15)21-18/h3-6,11H,7-10,12H2,1-2H3. The number of carbonyl (C=O) groups is 1. The second-order valence-corrected chi connectivity index (χ2v) is 6.64. The Hall–Kier alpha value is -2.80. The molecule has 3 aromatic rings. The highest BCUT2D eigenvalue weighted by atomic mass is 16.5. The quantitative estimate of drug-likeness (QED) is 0.720. The van der Waals surface area contributed by atoms with Crippen LogP contribution in [0.5, 0.6) is 0 Å². The molecule has 1 fully saturated rings. The summed E-state index contributed by atoms with van der Waals surface area (Å²) in [6, 6.07) is 9.74. The highest BCUT2D eigenvalue weighted by Gasteiger charge is 2.25.